The Morgan fingerprint density at radius 3 is 2.35 bits per heavy atom. The summed E-state index contributed by atoms with van der Waals surface area (Å²) in [6, 6.07) is 16.7. The second kappa shape index (κ2) is 12.2. The van der Waals surface area contributed by atoms with Gasteiger partial charge >= 0.3 is 11.9 Å². The number of amides is 1. The molecule has 2 aromatic carbocycles. The molecular weight excluding hydrogens is 474 g/mol. The van der Waals surface area contributed by atoms with Gasteiger partial charge in [-0.2, -0.15) is 0 Å². The summed E-state index contributed by atoms with van der Waals surface area (Å²) in [6.07, 6.45) is 0.985. The first kappa shape index (κ1) is 28.2. The van der Waals surface area contributed by atoms with E-state index in [-0.39, 0.29) is 24.6 Å². The standard InChI is InChI=1S/C29H37NO7/c1-20(31)35-26(29(5)17-15-25(37-29)28(3,4)36-21(2)32)19-34-24-13-11-22(12-14-24)16-18-30-27(33)23-9-7-6-8-10-23/h6-14,25-26H,15-19H2,1-5H3,(H,30,33)/t25-,26+,29-/m0/s1. The summed E-state index contributed by atoms with van der Waals surface area (Å²) in [6.45, 7) is 8.88. The third-order valence-corrected chi connectivity index (χ3v) is 6.55. The van der Waals surface area contributed by atoms with Crippen LogP contribution in [0.3, 0.4) is 0 Å². The first-order chi connectivity index (χ1) is 17.5. The number of rotatable bonds is 11. The number of ether oxygens (including phenoxy) is 4. The minimum Gasteiger partial charge on any atom is -0.490 e. The smallest absolute Gasteiger partial charge is 0.303 e. The van der Waals surface area contributed by atoms with Gasteiger partial charge < -0.3 is 24.3 Å². The number of hydrogen-bond acceptors (Lipinski definition) is 7. The number of carbonyl (C=O) groups excluding carboxylic acids is 3. The van der Waals surface area contributed by atoms with Crippen LogP contribution in [0.1, 0.15) is 63.4 Å². The van der Waals surface area contributed by atoms with Crippen molar-refractivity contribution in [3.05, 3.63) is 65.7 Å². The highest BCUT2D eigenvalue weighted by Gasteiger charge is 2.50. The van der Waals surface area contributed by atoms with Crippen LogP contribution < -0.4 is 10.1 Å². The van der Waals surface area contributed by atoms with E-state index >= 15 is 0 Å². The molecule has 3 rings (SSSR count). The van der Waals surface area contributed by atoms with Gasteiger partial charge in [-0.05, 0) is 69.9 Å². The summed E-state index contributed by atoms with van der Waals surface area (Å²) in [5, 5.41) is 2.92. The van der Waals surface area contributed by atoms with Gasteiger partial charge in [0.05, 0.1) is 6.10 Å². The maximum absolute atomic E-state index is 12.2. The van der Waals surface area contributed by atoms with Crippen molar-refractivity contribution in [2.24, 2.45) is 0 Å². The van der Waals surface area contributed by atoms with Crippen LogP contribution in [0.4, 0.5) is 0 Å². The maximum Gasteiger partial charge on any atom is 0.303 e. The fraction of sp³-hybridized carbons (Fsp3) is 0.483. The third-order valence-electron chi connectivity index (χ3n) is 6.55. The van der Waals surface area contributed by atoms with Crippen LogP contribution in [0.25, 0.3) is 0 Å². The fourth-order valence-electron chi connectivity index (χ4n) is 4.49. The molecule has 0 saturated carbocycles. The molecule has 37 heavy (non-hydrogen) atoms. The van der Waals surface area contributed by atoms with Gasteiger partial charge in [-0.25, -0.2) is 0 Å². The Morgan fingerprint density at radius 1 is 1.05 bits per heavy atom. The van der Waals surface area contributed by atoms with E-state index in [4.69, 9.17) is 18.9 Å². The van der Waals surface area contributed by atoms with Gasteiger partial charge in [-0.3, -0.25) is 14.4 Å². The summed E-state index contributed by atoms with van der Waals surface area (Å²) in [7, 11) is 0. The third kappa shape index (κ3) is 8.05. The molecule has 200 valence electrons. The van der Waals surface area contributed by atoms with Crippen molar-refractivity contribution in [1.29, 1.82) is 0 Å². The van der Waals surface area contributed by atoms with Crippen LogP contribution in [0, 0.1) is 0 Å². The molecule has 8 nitrogen and oxygen atoms in total. The molecule has 1 amide bonds. The average molecular weight is 512 g/mol. The molecule has 0 bridgehead atoms. The van der Waals surface area contributed by atoms with Crippen molar-refractivity contribution in [3.63, 3.8) is 0 Å². The van der Waals surface area contributed by atoms with E-state index in [0.29, 0.717) is 37.1 Å². The molecule has 0 unspecified atom stereocenters. The molecule has 8 heteroatoms. The van der Waals surface area contributed by atoms with Crippen molar-refractivity contribution in [2.45, 2.75) is 77.3 Å². The molecule has 0 aliphatic carbocycles. The van der Waals surface area contributed by atoms with Crippen LogP contribution in [0.2, 0.25) is 0 Å². The molecule has 1 aliphatic heterocycles. The largest absolute Gasteiger partial charge is 0.490 e. The van der Waals surface area contributed by atoms with E-state index < -0.39 is 23.3 Å². The molecule has 1 heterocycles. The zero-order valence-electron chi connectivity index (χ0n) is 22.2. The van der Waals surface area contributed by atoms with Gasteiger partial charge in [0.15, 0.2) is 6.10 Å². The molecule has 1 saturated heterocycles. The number of hydrogen-bond donors (Lipinski definition) is 1. The van der Waals surface area contributed by atoms with E-state index in [2.05, 4.69) is 5.32 Å². The lowest BCUT2D eigenvalue weighted by Gasteiger charge is -2.36. The van der Waals surface area contributed by atoms with Crippen molar-refractivity contribution < 1.29 is 33.3 Å². The quantitative estimate of drug-likeness (QED) is 0.450. The normalized spacial score (nSPS) is 20.1. The van der Waals surface area contributed by atoms with Gasteiger partial charge in [0.2, 0.25) is 0 Å². The molecule has 1 fully saturated rings. The summed E-state index contributed by atoms with van der Waals surface area (Å²) in [5.41, 5.74) is 0.0976. The lowest BCUT2D eigenvalue weighted by atomic mass is 9.93. The molecule has 0 spiro atoms. The molecule has 0 aromatic heterocycles. The Hall–Kier alpha value is -3.39. The molecular formula is C29H37NO7. The van der Waals surface area contributed by atoms with Crippen molar-refractivity contribution in [3.8, 4) is 5.75 Å². The van der Waals surface area contributed by atoms with Gasteiger partial charge in [0.1, 0.15) is 23.6 Å². The SMILES string of the molecule is CC(=O)O[C@H](COc1ccc(CCNC(=O)c2ccccc2)cc1)[C@]1(C)CC[C@@H](C(C)(C)OC(C)=O)O1. The topological polar surface area (TPSA) is 100 Å². The lowest BCUT2D eigenvalue weighted by molar-refractivity contribution is -0.194. The fourth-order valence-corrected chi connectivity index (χ4v) is 4.49. The molecule has 1 N–H and O–H groups in total. The number of esters is 2. The highest BCUT2D eigenvalue weighted by Crippen LogP contribution is 2.40. The van der Waals surface area contributed by atoms with Crippen LogP contribution >= 0.6 is 0 Å². The predicted molar refractivity (Wildman–Crippen MR) is 138 cm³/mol. The Labute approximate surface area is 218 Å². The summed E-state index contributed by atoms with van der Waals surface area (Å²) < 4.78 is 23.3. The summed E-state index contributed by atoms with van der Waals surface area (Å²) in [5.74, 6) is -0.260. The number of carbonyl (C=O) groups is 3. The second-order valence-corrected chi connectivity index (χ2v) is 10.1. The van der Waals surface area contributed by atoms with Crippen molar-refractivity contribution in [1.82, 2.24) is 5.32 Å². The molecule has 3 atom stereocenters. The van der Waals surface area contributed by atoms with E-state index in [1.807, 2.05) is 63.2 Å². The van der Waals surface area contributed by atoms with Crippen LogP contribution in [0.5, 0.6) is 5.75 Å². The van der Waals surface area contributed by atoms with Crippen LogP contribution in [0.15, 0.2) is 54.6 Å². The Balaban J connectivity index is 1.54. The predicted octanol–water partition coefficient (Wildman–Crippen LogP) is 4.25. The molecule has 1 aliphatic rings. The van der Waals surface area contributed by atoms with Gasteiger partial charge in [-0.15, -0.1) is 0 Å². The van der Waals surface area contributed by atoms with E-state index in [9.17, 15) is 14.4 Å². The zero-order valence-corrected chi connectivity index (χ0v) is 22.2. The highest BCUT2D eigenvalue weighted by molar-refractivity contribution is 5.94. The first-order valence-electron chi connectivity index (χ1n) is 12.6. The van der Waals surface area contributed by atoms with Crippen LogP contribution in [-0.2, 0) is 30.2 Å². The summed E-state index contributed by atoms with van der Waals surface area (Å²) >= 11 is 0. The van der Waals surface area contributed by atoms with E-state index in [0.717, 1.165) is 5.56 Å². The summed E-state index contributed by atoms with van der Waals surface area (Å²) in [4.78, 5) is 35.5. The van der Waals surface area contributed by atoms with E-state index in [1.54, 1.807) is 12.1 Å². The van der Waals surface area contributed by atoms with Crippen molar-refractivity contribution in [2.75, 3.05) is 13.2 Å². The first-order valence-corrected chi connectivity index (χ1v) is 12.6. The average Bonchev–Trinajstić information content (AvgIpc) is 3.26. The number of benzene rings is 2. The highest BCUT2D eigenvalue weighted by atomic mass is 16.6. The second-order valence-electron chi connectivity index (χ2n) is 10.1. The number of nitrogens with one attached hydrogen (secondary N) is 1. The monoisotopic (exact) mass is 511 g/mol. The Bertz CT molecular complexity index is 1070. The van der Waals surface area contributed by atoms with Crippen LogP contribution in [-0.4, -0.2) is 54.4 Å². The Kier molecular flexibility index (Phi) is 9.32. The molecule has 2 aromatic rings. The lowest BCUT2D eigenvalue weighted by Crippen LogP contribution is -2.48. The van der Waals surface area contributed by atoms with Gasteiger partial charge in [0, 0.05) is 26.0 Å². The van der Waals surface area contributed by atoms with E-state index in [1.165, 1.54) is 13.8 Å². The Morgan fingerprint density at radius 2 is 1.73 bits per heavy atom. The minimum atomic E-state index is -0.804. The van der Waals surface area contributed by atoms with Gasteiger partial charge in [0.25, 0.3) is 5.91 Å². The van der Waals surface area contributed by atoms with Gasteiger partial charge in [-0.1, -0.05) is 30.3 Å². The minimum absolute atomic E-state index is 0.0989. The molecule has 0 radical (unpaired) electrons. The zero-order chi connectivity index (χ0) is 27.1. The maximum atomic E-state index is 12.2. The van der Waals surface area contributed by atoms with Crippen molar-refractivity contribution >= 4 is 17.8 Å².